The topological polar surface area (TPSA) is 29.1 Å². The van der Waals surface area contributed by atoms with Gasteiger partial charge in [0.05, 0.1) is 5.38 Å². The highest BCUT2D eigenvalue weighted by molar-refractivity contribution is 6.20. The van der Waals surface area contributed by atoms with Crippen LogP contribution in [0.25, 0.3) is 0 Å². The molecule has 1 saturated carbocycles. The summed E-state index contributed by atoms with van der Waals surface area (Å²) in [7, 11) is 0. The lowest BCUT2D eigenvalue weighted by Gasteiger charge is -2.19. The fourth-order valence-corrected chi connectivity index (χ4v) is 3.71. The third kappa shape index (κ3) is 3.17. The molecule has 1 N–H and O–H groups in total. The Bertz CT molecular complexity index is 494. The molecule has 108 valence electrons. The van der Waals surface area contributed by atoms with Crippen molar-refractivity contribution in [3.05, 3.63) is 29.3 Å². The van der Waals surface area contributed by atoms with Gasteiger partial charge in [-0.3, -0.25) is 4.79 Å². The van der Waals surface area contributed by atoms with Crippen molar-refractivity contribution in [2.24, 2.45) is 5.92 Å². The van der Waals surface area contributed by atoms with Gasteiger partial charge in [0.1, 0.15) is 0 Å². The summed E-state index contributed by atoms with van der Waals surface area (Å²) in [5, 5.41) is 3.03. The molecule has 0 radical (unpaired) electrons. The van der Waals surface area contributed by atoms with Crippen LogP contribution in [0.5, 0.6) is 0 Å². The van der Waals surface area contributed by atoms with Gasteiger partial charge in [-0.05, 0) is 42.4 Å². The number of fused-ring (bicyclic) bond motifs is 1. The maximum Gasteiger partial charge on any atom is 0.224 e. The van der Waals surface area contributed by atoms with E-state index in [9.17, 15) is 4.79 Å². The number of carbonyl (C=O) groups excluding carboxylic acids is 1. The van der Waals surface area contributed by atoms with Crippen molar-refractivity contribution >= 4 is 23.2 Å². The molecular weight excluding hydrogens is 270 g/mol. The van der Waals surface area contributed by atoms with Gasteiger partial charge in [-0.15, -0.1) is 11.6 Å². The summed E-state index contributed by atoms with van der Waals surface area (Å²) >= 11 is 6.57. The summed E-state index contributed by atoms with van der Waals surface area (Å²) in [6.45, 7) is 0. The summed E-state index contributed by atoms with van der Waals surface area (Å²) in [4.78, 5) is 11.4. The number of alkyl halides is 1. The van der Waals surface area contributed by atoms with Gasteiger partial charge in [0.2, 0.25) is 5.91 Å². The molecule has 0 spiro atoms. The normalized spacial score (nSPS) is 20.6. The molecule has 3 heteroatoms. The lowest BCUT2D eigenvalue weighted by Crippen LogP contribution is -2.19. The Labute approximate surface area is 125 Å². The van der Waals surface area contributed by atoms with Crippen LogP contribution in [0.3, 0.4) is 0 Å². The fraction of sp³-hybridized carbons (Fsp3) is 0.588. The monoisotopic (exact) mass is 291 g/mol. The average molecular weight is 292 g/mol. The van der Waals surface area contributed by atoms with E-state index in [1.807, 2.05) is 6.07 Å². The van der Waals surface area contributed by atoms with Crippen LogP contribution >= 0.6 is 11.6 Å². The highest BCUT2D eigenvalue weighted by Crippen LogP contribution is 2.35. The minimum atomic E-state index is 0.110. The molecule has 1 fully saturated rings. The zero-order valence-electron chi connectivity index (χ0n) is 11.8. The Kier molecular flexibility index (Phi) is 4.30. The first-order valence-electron chi connectivity index (χ1n) is 7.79. The van der Waals surface area contributed by atoms with E-state index < -0.39 is 0 Å². The molecule has 20 heavy (non-hydrogen) atoms. The molecule has 1 atom stereocenters. The molecule has 1 amide bonds. The molecule has 0 saturated heterocycles. The van der Waals surface area contributed by atoms with Crippen molar-refractivity contribution in [1.29, 1.82) is 0 Å². The molecule has 0 bridgehead atoms. The third-order valence-corrected chi connectivity index (χ3v) is 5.16. The van der Waals surface area contributed by atoms with Gasteiger partial charge in [0.15, 0.2) is 0 Å². The predicted octanol–water partition coefficient (Wildman–Crippen LogP) is 4.82. The van der Waals surface area contributed by atoms with Crippen LogP contribution in [0.2, 0.25) is 0 Å². The Morgan fingerprint density at radius 2 is 2.05 bits per heavy atom. The Hall–Kier alpha value is -1.02. The number of hydrogen-bond donors (Lipinski definition) is 1. The first-order chi connectivity index (χ1) is 9.72. The molecule has 1 unspecified atom stereocenters. The Morgan fingerprint density at radius 3 is 2.85 bits per heavy atom. The molecule has 1 aliphatic heterocycles. The molecule has 3 rings (SSSR count). The molecule has 2 nitrogen and oxygen atoms in total. The quantitative estimate of drug-likeness (QED) is 0.792. The van der Waals surface area contributed by atoms with Crippen molar-refractivity contribution in [2.45, 2.75) is 56.7 Å². The standard InChI is InChI=1S/C17H22ClNO/c18-15(8-5-12-3-1-2-4-12)13-6-9-16-14(11-13)7-10-17(20)19-16/h6,9,11-12,15H,1-5,7-8,10H2,(H,19,20). The van der Waals surface area contributed by atoms with Gasteiger partial charge in [-0.25, -0.2) is 0 Å². The van der Waals surface area contributed by atoms with E-state index in [-0.39, 0.29) is 11.3 Å². The van der Waals surface area contributed by atoms with Crippen molar-refractivity contribution in [2.75, 3.05) is 5.32 Å². The van der Waals surface area contributed by atoms with Gasteiger partial charge in [0, 0.05) is 12.1 Å². The number of aryl methyl sites for hydroxylation is 1. The number of amides is 1. The maximum absolute atomic E-state index is 11.4. The SMILES string of the molecule is O=C1CCc2cc(C(Cl)CCC3CCCC3)ccc2N1. The van der Waals surface area contributed by atoms with Crippen molar-refractivity contribution in [1.82, 2.24) is 0 Å². The highest BCUT2D eigenvalue weighted by atomic mass is 35.5. The summed E-state index contributed by atoms with van der Waals surface area (Å²) in [5.41, 5.74) is 3.40. The average Bonchev–Trinajstić information content (AvgIpc) is 2.97. The second-order valence-corrected chi connectivity index (χ2v) is 6.69. The Balaban J connectivity index is 1.62. The second kappa shape index (κ2) is 6.17. The minimum Gasteiger partial charge on any atom is -0.326 e. The lowest BCUT2D eigenvalue weighted by atomic mass is 9.95. The first-order valence-corrected chi connectivity index (χ1v) is 8.23. The Morgan fingerprint density at radius 1 is 1.25 bits per heavy atom. The van der Waals surface area contributed by atoms with Crippen LogP contribution < -0.4 is 5.32 Å². The number of nitrogens with one attached hydrogen (secondary N) is 1. The largest absolute Gasteiger partial charge is 0.326 e. The first kappa shape index (κ1) is 13.9. The summed E-state index contributed by atoms with van der Waals surface area (Å²) in [6.07, 6.45) is 9.32. The highest BCUT2D eigenvalue weighted by Gasteiger charge is 2.19. The fourth-order valence-electron chi connectivity index (χ4n) is 3.45. The summed E-state index contributed by atoms with van der Waals surface area (Å²) in [6, 6.07) is 6.25. The van der Waals surface area contributed by atoms with E-state index in [1.54, 1.807) is 0 Å². The zero-order chi connectivity index (χ0) is 13.9. The molecule has 1 aromatic carbocycles. The van der Waals surface area contributed by atoms with Crippen LogP contribution in [-0.2, 0) is 11.2 Å². The van der Waals surface area contributed by atoms with Crippen molar-refractivity contribution in [3.63, 3.8) is 0 Å². The van der Waals surface area contributed by atoms with Crippen LogP contribution in [-0.4, -0.2) is 5.91 Å². The maximum atomic E-state index is 11.4. The van der Waals surface area contributed by atoms with Crippen molar-refractivity contribution < 1.29 is 4.79 Å². The van der Waals surface area contributed by atoms with E-state index in [4.69, 9.17) is 11.6 Å². The molecule has 1 aromatic rings. The van der Waals surface area contributed by atoms with Crippen LogP contribution in [0, 0.1) is 5.92 Å². The van der Waals surface area contributed by atoms with E-state index >= 15 is 0 Å². The number of rotatable bonds is 4. The summed E-state index contributed by atoms with van der Waals surface area (Å²) in [5.74, 6) is 1.02. The van der Waals surface area contributed by atoms with Crippen molar-refractivity contribution in [3.8, 4) is 0 Å². The number of hydrogen-bond acceptors (Lipinski definition) is 1. The van der Waals surface area contributed by atoms with Gasteiger partial charge in [-0.1, -0.05) is 37.8 Å². The smallest absolute Gasteiger partial charge is 0.224 e. The van der Waals surface area contributed by atoms with Crippen LogP contribution in [0.4, 0.5) is 5.69 Å². The van der Waals surface area contributed by atoms with Crippen LogP contribution in [0.15, 0.2) is 18.2 Å². The van der Waals surface area contributed by atoms with E-state index in [1.165, 1.54) is 43.2 Å². The third-order valence-electron chi connectivity index (χ3n) is 4.69. The van der Waals surface area contributed by atoms with Crippen LogP contribution in [0.1, 0.15) is 61.4 Å². The van der Waals surface area contributed by atoms with Gasteiger partial charge < -0.3 is 5.32 Å². The van der Waals surface area contributed by atoms with E-state index in [2.05, 4.69) is 17.4 Å². The molecule has 1 heterocycles. The predicted molar refractivity (Wildman–Crippen MR) is 83.2 cm³/mol. The lowest BCUT2D eigenvalue weighted by molar-refractivity contribution is -0.116. The number of halogens is 1. The number of anilines is 1. The zero-order valence-corrected chi connectivity index (χ0v) is 12.6. The van der Waals surface area contributed by atoms with E-state index in [0.29, 0.717) is 6.42 Å². The van der Waals surface area contributed by atoms with Gasteiger partial charge in [-0.2, -0.15) is 0 Å². The molecule has 2 aliphatic rings. The molecular formula is C17H22ClNO. The number of carbonyl (C=O) groups is 1. The molecule has 1 aliphatic carbocycles. The van der Waals surface area contributed by atoms with E-state index in [0.717, 1.165) is 24.4 Å². The van der Waals surface area contributed by atoms with Gasteiger partial charge in [0.25, 0.3) is 0 Å². The number of benzene rings is 1. The minimum absolute atomic E-state index is 0.110. The summed E-state index contributed by atoms with van der Waals surface area (Å²) < 4.78 is 0. The van der Waals surface area contributed by atoms with Gasteiger partial charge >= 0.3 is 0 Å². The molecule has 0 aromatic heterocycles. The second-order valence-electron chi connectivity index (χ2n) is 6.16.